The van der Waals surface area contributed by atoms with Crippen LogP contribution in [0.15, 0.2) is 18.2 Å². The molecular weight excluding hydrogens is 261 g/mol. The molecule has 96 valence electrons. The van der Waals surface area contributed by atoms with E-state index in [0.29, 0.717) is 23.0 Å². The highest BCUT2D eigenvalue weighted by molar-refractivity contribution is 6.34. The molecule has 3 N–H and O–H groups in total. The maximum Gasteiger partial charge on any atom is 0.0648 e. The zero-order valence-electron chi connectivity index (χ0n) is 9.71. The second kappa shape index (κ2) is 6.57. The number of aliphatic hydroxyl groups is 2. The van der Waals surface area contributed by atoms with Crippen molar-refractivity contribution in [1.82, 2.24) is 5.32 Å². The van der Waals surface area contributed by atoms with E-state index in [1.54, 1.807) is 18.2 Å². The first-order chi connectivity index (χ1) is 8.05. The van der Waals surface area contributed by atoms with E-state index in [2.05, 4.69) is 5.32 Å². The lowest BCUT2D eigenvalue weighted by molar-refractivity contribution is 0.0864. The summed E-state index contributed by atoms with van der Waals surface area (Å²) >= 11 is 11.8. The fraction of sp³-hybridized carbons (Fsp3) is 0.500. The van der Waals surface area contributed by atoms with Gasteiger partial charge in [0.1, 0.15) is 0 Å². The van der Waals surface area contributed by atoms with Gasteiger partial charge in [-0.05, 0) is 30.2 Å². The Hall–Kier alpha value is -0.320. The van der Waals surface area contributed by atoms with Crippen molar-refractivity contribution in [2.75, 3.05) is 13.2 Å². The van der Waals surface area contributed by atoms with Gasteiger partial charge in [0.25, 0.3) is 0 Å². The summed E-state index contributed by atoms with van der Waals surface area (Å²) in [6.45, 7) is 2.17. The van der Waals surface area contributed by atoms with Crippen LogP contribution >= 0.6 is 23.2 Å². The number of nitrogens with one attached hydrogen (secondary N) is 1. The van der Waals surface area contributed by atoms with Crippen molar-refractivity contribution in [3.8, 4) is 0 Å². The minimum atomic E-state index is -0.658. The van der Waals surface area contributed by atoms with Gasteiger partial charge < -0.3 is 15.5 Å². The lowest BCUT2D eigenvalue weighted by Crippen LogP contribution is -2.50. The molecule has 0 spiro atoms. The molecule has 0 saturated heterocycles. The smallest absolute Gasteiger partial charge is 0.0648 e. The summed E-state index contributed by atoms with van der Waals surface area (Å²) in [6.07, 6.45) is 0.633. The molecule has 0 radical (unpaired) electrons. The minimum absolute atomic E-state index is 0.117. The molecule has 0 saturated carbocycles. The minimum Gasteiger partial charge on any atom is -0.394 e. The molecule has 0 amide bonds. The van der Waals surface area contributed by atoms with Crippen LogP contribution in [0.3, 0.4) is 0 Å². The van der Waals surface area contributed by atoms with E-state index in [-0.39, 0.29) is 13.2 Å². The monoisotopic (exact) mass is 277 g/mol. The molecular formula is C12H17Cl2NO2. The van der Waals surface area contributed by atoms with E-state index in [9.17, 15) is 10.2 Å². The van der Waals surface area contributed by atoms with E-state index < -0.39 is 5.54 Å². The molecule has 0 bridgehead atoms. The zero-order valence-corrected chi connectivity index (χ0v) is 11.2. The third-order valence-corrected chi connectivity index (χ3v) is 3.31. The van der Waals surface area contributed by atoms with Crippen molar-refractivity contribution in [3.05, 3.63) is 33.8 Å². The molecule has 0 aliphatic heterocycles. The average Bonchev–Trinajstić information content (AvgIpc) is 2.30. The van der Waals surface area contributed by atoms with E-state index in [0.717, 1.165) is 5.56 Å². The Labute approximate surface area is 111 Å². The number of hydrogen-bond acceptors (Lipinski definition) is 3. The highest BCUT2D eigenvalue weighted by Crippen LogP contribution is 2.19. The van der Waals surface area contributed by atoms with Crippen LogP contribution in [0.5, 0.6) is 0 Å². The van der Waals surface area contributed by atoms with Crippen LogP contribution in [-0.2, 0) is 6.54 Å². The first kappa shape index (κ1) is 14.7. The molecule has 0 heterocycles. The largest absolute Gasteiger partial charge is 0.394 e. The third kappa shape index (κ3) is 4.12. The van der Waals surface area contributed by atoms with Crippen molar-refractivity contribution >= 4 is 23.2 Å². The molecule has 0 aliphatic carbocycles. The first-order valence-corrected chi connectivity index (χ1v) is 6.22. The summed E-state index contributed by atoms with van der Waals surface area (Å²) in [5.74, 6) is 0. The topological polar surface area (TPSA) is 52.5 Å². The second-order valence-corrected chi connectivity index (χ2v) is 4.95. The van der Waals surface area contributed by atoms with Crippen LogP contribution in [0.1, 0.15) is 18.9 Å². The molecule has 17 heavy (non-hydrogen) atoms. The predicted octanol–water partition coefficient (Wildman–Crippen LogP) is 2.22. The Morgan fingerprint density at radius 2 is 1.65 bits per heavy atom. The summed E-state index contributed by atoms with van der Waals surface area (Å²) in [7, 11) is 0. The molecule has 1 aromatic rings. The highest BCUT2D eigenvalue weighted by Gasteiger charge is 2.25. The maximum absolute atomic E-state index is 9.29. The number of hydrogen-bond donors (Lipinski definition) is 3. The Morgan fingerprint density at radius 3 is 2.06 bits per heavy atom. The van der Waals surface area contributed by atoms with Gasteiger partial charge in [0.2, 0.25) is 0 Å². The van der Waals surface area contributed by atoms with Gasteiger partial charge in [-0.3, -0.25) is 0 Å². The molecule has 0 fully saturated rings. The molecule has 0 atom stereocenters. The predicted molar refractivity (Wildman–Crippen MR) is 70.5 cm³/mol. The van der Waals surface area contributed by atoms with E-state index >= 15 is 0 Å². The number of halogens is 2. The zero-order chi connectivity index (χ0) is 12.9. The van der Waals surface area contributed by atoms with Gasteiger partial charge in [0, 0.05) is 16.6 Å². The first-order valence-electron chi connectivity index (χ1n) is 5.47. The fourth-order valence-electron chi connectivity index (χ4n) is 1.51. The summed E-state index contributed by atoms with van der Waals surface area (Å²) in [6, 6.07) is 5.27. The quantitative estimate of drug-likeness (QED) is 0.748. The summed E-state index contributed by atoms with van der Waals surface area (Å²) in [4.78, 5) is 0. The van der Waals surface area contributed by atoms with E-state index in [1.807, 2.05) is 6.92 Å². The molecule has 1 aromatic carbocycles. The van der Waals surface area contributed by atoms with Gasteiger partial charge in [-0.1, -0.05) is 30.1 Å². The Kier molecular flexibility index (Phi) is 5.70. The lowest BCUT2D eigenvalue weighted by Gasteiger charge is -2.30. The van der Waals surface area contributed by atoms with Gasteiger partial charge in [0.15, 0.2) is 0 Å². The summed E-state index contributed by atoms with van der Waals surface area (Å²) < 4.78 is 0. The summed E-state index contributed by atoms with van der Waals surface area (Å²) in [5, 5.41) is 22.9. The summed E-state index contributed by atoms with van der Waals surface area (Å²) in [5.41, 5.74) is 0.261. The van der Waals surface area contributed by atoms with Gasteiger partial charge in [-0.15, -0.1) is 0 Å². The molecule has 0 unspecified atom stereocenters. The van der Waals surface area contributed by atoms with Crippen LogP contribution in [0.25, 0.3) is 0 Å². The molecule has 5 heteroatoms. The second-order valence-electron chi connectivity index (χ2n) is 4.08. The van der Waals surface area contributed by atoms with Crippen molar-refractivity contribution in [1.29, 1.82) is 0 Å². The van der Waals surface area contributed by atoms with Crippen LogP contribution in [-0.4, -0.2) is 29.0 Å². The molecule has 0 aromatic heterocycles. The Morgan fingerprint density at radius 1 is 1.12 bits per heavy atom. The van der Waals surface area contributed by atoms with Crippen LogP contribution in [0.2, 0.25) is 10.0 Å². The van der Waals surface area contributed by atoms with E-state index in [1.165, 1.54) is 0 Å². The third-order valence-electron chi connectivity index (χ3n) is 2.87. The number of rotatable bonds is 6. The van der Waals surface area contributed by atoms with Crippen LogP contribution in [0.4, 0.5) is 0 Å². The Balaban J connectivity index is 2.71. The average molecular weight is 278 g/mol. The van der Waals surface area contributed by atoms with E-state index in [4.69, 9.17) is 23.2 Å². The Bertz CT molecular complexity index is 339. The normalized spacial score (nSPS) is 11.8. The molecule has 0 aliphatic rings. The van der Waals surface area contributed by atoms with Crippen molar-refractivity contribution < 1.29 is 10.2 Å². The van der Waals surface area contributed by atoms with Gasteiger partial charge in [-0.25, -0.2) is 0 Å². The van der Waals surface area contributed by atoms with Gasteiger partial charge >= 0.3 is 0 Å². The number of benzene rings is 1. The lowest BCUT2D eigenvalue weighted by atomic mass is 9.98. The fourth-order valence-corrected chi connectivity index (χ4v) is 2.08. The highest BCUT2D eigenvalue weighted by atomic mass is 35.5. The van der Waals surface area contributed by atoms with Crippen molar-refractivity contribution in [3.63, 3.8) is 0 Å². The standard InChI is InChI=1S/C12H17Cl2NO2/c1-2-12(7-16,8-17)15-6-9-3-10(13)5-11(14)4-9/h3-5,15-17H,2,6-8H2,1H3. The van der Waals surface area contributed by atoms with Gasteiger partial charge in [-0.2, -0.15) is 0 Å². The molecule has 3 nitrogen and oxygen atoms in total. The molecule has 1 rings (SSSR count). The maximum atomic E-state index is 9.29. The SMILES string of the molecule is CCC(CO)(CO)NCc1cc(Cl)cc(Cl)c1. The van der Waals surface area contributed by atoms with Crippen LogP contribution in [0, 0.1) is 0 Å². The van der Waals surface area contributed by atoms with Crippen LogP contribution < -0.4 is 5.32 Å². The van der Waals surface area contributed by atoms with Gasteiger partial charge in [0.05, 0.1) is 18.8 Å². The van der Waals surface area contributed by atoms with Crippen molar-refractivity contribution in [2.45, 2.75) is 25.4 Å². The number of aliphatic hydroxyl groups excluding tert-OH is 2. The van der Waals surface area contributed by atoms with Crippen molar-refractivity contribution in [2.24, 2.45) is 0 Å².